The molecule has 2 aromatic carbocycles. The van der Waals surface area contributed by atoms with Crippen molar-refractivity contribution in [2.45, 2.75) is 16.7 Å². The third kappa shape index (κ3) is 4.87. The van der Waals surface area contributed by atoms with E-state index in [1.165, 1.54) is 19.2 Å². The zero-order valence-corrected chi connectivity index (χ0v) is 14.8. The fourth-order valence-electron chi connectivity index (χ4n) is 1.70. The summed E-state index contributed by atoms with van der Waals surface area (Å²) in [6.07, 6.45) is 0.901. The average Bonchev–Trinajstić information content (AvgIpc) is 2.59. The lowest BCUT2D eigenvalue weighted by Gasteiger charge is -2.07. The summed E-state index contributed by atoms with van der Waals surface area (Å²) < 4.78 is 33.9. The van der Waals surface area contributed by atoms with Gasteiger partial charge in [0.1, 0.15) is 16.1 Å². The monoisotopic (exact) mass is 364 g/mol. The van der Waals surface area contributed by atoms with Gasteiger partial charge in [-0.05, 0) is 31.2 Å². The Labute approximate surface area is 145 Å². The van der Waals surface area contributed by atoms with Gasteiger partial charge >= 0.3 is 16.1 Å². The van der Waals surface area contributed by atoms with Gasteiger partial charge in [0, 0.05) is 4.90 Å². The van der Waals surface area contributed by atoms with E-state index in [4.69, 9.17) is 4.18 Å². The molecule has 24 heavy (non-hydrogen) atoms. The van der Waals surface area contributed by atoms with Gasteiger partial charge < -0.3 is 8.92 Å². The van der Waals surface area contributed by atoms with E-state index in [1.807, 2.05) is 13.0 Å². The number of ether oxygens (including phenoxy) is 1. The smallest absolute Gasteiger partial charge is 0.347 e. The Kier molecular flexibility index (Phi) is 6.05. The molecule has 0 aliphatic rings. The van der Waals surface area contributed by atoms with Crippen LogP contribution in [0.1, 0.15) is 5.56 Å². The van der Waals surface area contributed by atoms with Crippen LogP contribution in [0.3, 0.4) is 0 Å². The molecule has 0 unspecified atom stereocenters. The molecule has 0 amide bonds. The number of methoxy groups -OCH3 is 1. The van der Waals surface area contributed by atoms with Crippen LogP contribution in [-0.4, -0.2) is 21.5 Å². The van der Waals surface area contributed by atoms with E-state index in [9.17, 15) is 13.2 Å². The second kappa shape index (κ2) is 8.03. The number of hydrogen-bond donors (Lipinski definition) is 0. The van der Waals surface area contributed by atoms with E-state index >= 15 is 0 Å². The molecule has 2 rings (SSSR count). The largest absolute Gasteiger partial charge is 0.465 e. The normalized spacial score (nSPS) is 11.8. The first kappa shape index (κ1) is 18.1. The van der Waals surface area contributed by atoms with Crippen molar-refractivity contribution in [3.63, 3.8) is 0 Å². The molecule has 0 fully saturated rings. The fraction of sp³-hybridized carbons (Fsp3) is 0.118. The van der Waals surface area contributed by atoms with Crippen LogP contribution in [0.4, 0.5) is 0 Å². The lowest BCUT2D eigenvalue weighted by molar-refractivity contribution is -0.135. The van der Waals surface area contributed by atoms with E-state index in [1.54, 1.807) is 36.4 Å². The van der Waals surface area contributed by atoms with Crippen LogP contribution in [0.2, 0.25) is 0 Å². The summed E-state index contributed by atoms with van der Waals surface area (Å²) in [5.74, 6) is -0.678. The first-order valence-electron chi connectivity index (χ1n) is 6.94. The Morgan fingerprint density at radius 2 is 1.67 bits per heavy atom. The first-order valence-corrected chi connectivity index (χ1v) is 9.16. The molecule has 0 heterocycles. The first-order chi connectivity index (χ1) is 11.4. The summed E-state index contributed by atoms with van der Waals surface area (Å²) in [7, 11) is -2.79. The van der Waals surface area contributed by atoms with Crippen LogP contribution < -0.4 is 0 Å². The van der Waals surface area contributed by atoms with Gasteiger partial charge in [0.05, 0.1) is 7.11 Å². The Bertz CT molecular complexity index is 825. The Hall–Kier alpha value is -2.25. The maximum Gasteiger partial charge on any atom is 0.347 e. The highest BCUT2D eigenvalue weighted by molar-refractivity contribution is 8.04. The standard InChI is InChI=1S/C17H16O5S2/c1-13-8-10-15(11-9-13)24(19,20)22-12-16(17(18)21-2)23-14-6-4-3-5-7-14/h3-12H,1-2H3/b16-12-. The van der Waals surface area contributed by atoms with E-state index in [-0.39, 0.29) is 9.80 Å². The quantitative estimate of drug-likeness (QED) is 0.257. The van der Waals surface area contributed by atoms with Crippen molar-refractivity contribution < 1.29 is 22.1 Å². The van der Waals surface area contributed by atoms with Gasteiger partial charge in [-0.15, -0.1) is 0 Å². The van der Waals surface area contributed by atoms with Gasteiger partial charge in [0.2, 0.25) is 0 Å². The van der Waals surface area contributed by atoms with Gasteiger partial charge in [0.25, 0.3) is 0 Å². The molecule has 7 heteroatoms. The number of thioether (sulfide) groups is 1. The summed E-state index contributed by atoms with van der Waals surface area (Å²) in [5.41, 5.74) is 0.930. The Morgan fingerprint density at radius 3 is 2.25 bits per heavy atom. The zero-order chi connectivity index (χ0) is 17.6. The van der Waals surface area contributed by atoms with Crippen molar-refractivity contribution in [1.29, 1.82) is 0 Å². The fourth-order valence-corrected chi connectivity index (χ4v) is 3.37. The molecule has 0 atom stereocenters. The zero-order valence-electron chi connectivity index (χ0n) is 13.1. The molecule has 0 radical (unpaired) electrons. The second-order valence-corrected chi connectivity index (χ2v) is 7.44. The van der Waals surface area contributed by atoms with Gasteiger partial charge in [-0.25, -0.2) is 4.79 Å². The summed E-state index contributed by atoms with van der Waals surface area (Å²) in [4.78, 5) is 12.6. The van der Waals surface area contributed by atoms with E-state index in [2.05, 4.69) is 4.74 Å². The molecule has 0 saturated carbocycles. The van der Waals surface area contributed by atoms with Crippen LogP contribution in [0, 0.1) is 6.92 Å². The van der Waals surface area contributed by atoms with Gasteiger partial charge in [-0.2, -0.15) is 8.42 Å². The molecule has 0 aliphatic heterocycles. The molecular formula is C17H16O5S2. The number of carbonyl (C=O) groups is 1. The lowest BCUT2D eigenvalue weighted by atomic mass is 10.2. The lowest BCUT2D eigenvalue weighted by Crippen LogP contribution is -2.06. The minimum Gasteiger partial charge on any atom is -0.465 e. The van der Waals surface area contributed by atoms with Gasteiger partial charge in [-0.1, -0.05) is 47.7 Å². The number of aryl methyl sites for hydroxylation is 1. The molecule has 0 bridgehead atoms. The van der Waals surface area contributed by atoms with Gasteiger partial charge in [0.15, 0.2) is 0 Å². The third-order valence-electron chi connectivity index (χ3n) is 2.95. The molecule has 5 nitrogen and oxygen atoms in total. The van der Waals surface area contributed by atoms with Gasteiger partial charge in [-0.3, -0.25) is 0 Å². The molecule has 0 spiro atoms. The number of benzene rings is 2. The summed E-state index contributed by atoms with van der Waals surface area (Å²) in [6, 6.07) is 15.2. The Morgan fingerprint density at radius 1 is 1.04 bits per heavy atom. The molecule has 0 N–H and O–H groups in total. The van der Waals surface area contributed by atoms with Crippen LogP contribution in [0.15, 0.2) is 75.6 Å². The number of hydrogen-bond acceptors (Lipinski definition) is 6. The van der Waals surface area contributed by atoms with Crippen molar-refractivity contribution in [1.82, 2.24) is 0 Å². The van der Waals surface area contributed by atoms with Crippen LogP contribution in [-0.2, 0) is 23.8 Å². The molecular weight excluding hydrogens is 348 g/mol. The van der Waals surface area contributed by atoms with Crippen LogP contribution in [0.25, 0.3) is 0 Å². The second-order valence-electron chi connectivity index (χ2n) is 4.75. The maximum atomic E-state index is 12.2. The SMILES string of the molecule is COC(=O)/C(=C/OS(=O)(=O)c1ccc(C)cc1)Sc1ccccc1. The van der Waals surface area contributed by atoms with Crippen molar-refractivity contribution >= 4 is 27.8 Å². The van der Waals surface area contributed by atoms with E-state index < -0.39 is 16.1 Å². The van der Waals surface area contributed by atoms with Crippen molar-refractivity contribution in [3.05, 3.63) is 71.3 Å². The molecule has 0 aromatic heterocycles. The summed E-state index contributed by atoms with van der Waals surface area (Å²) in [6.45, 7) is 1.85. The predicted octanol–water partition coefficient (Wildman–Crippen LogP) is 3.51. The number of esters is 1. The number of carbonyl (C=O) groups excluding carboxylic acids is 1. The third-order valence-corrected chi connectivity index (χ3v) is 5.14. The van der Waals surface area contributed by atoms with Crippen LogP contribution >= 0.6 is 11.8 Å². The average molecular weight is 364 g/mol. The highest BCUT2D eigenvalue weighted by atomic mass is 32.2. The molecule has 126 valence electrons. The minimum absolute atomic E-state index is 0.0123. The van der Waals surface area contributed by atoms with E-state index in [0.717, 1.165) is 28.5 Å². The highest BCUT2D eigenvalue weighted by Gasteiger charge is 2.18. The molecule has 2 aromatic rings. The van der Waals surface area contributed by atoms with Crippen molar-refractivity contribution in [2.24, 2.45) is 0 Å². The highest BCUT2D eigenvalue weighted by Crippen LogP contribution is 2.28. The molecule has 0 aliphatic carbocycles. The minimum atomic E-state index is -4.00. The summed E-state index contributed by atoms with van der Waals surface area (Å²) in [5, 5.41) is 0. The van der Waals surface area contributed by atoms with Crippen LogP contribution in [0.5, 0.6) is 0 Å². The topological polar surface area (TPSA) is 69.7 Å². The van der Waals surface area contributed by atoms with E-state index in [0.29, 0.717) is 0 Å². The predicted molar refractivity (Wildman–Crippen MR) is 91.8 cm³/mol. The Balaban J connectivity index is 2.23. The molecule has 0 saturated heterocycles. The summed E-state index contributed by atoms with van der Waals surface area (Å²) >= 11 is 1.06. The maximum absolute atomic E-state index is 12.2. The van der Waals surface area contributed by atoms with Crippen molar-refractivity contribution in [3.8, 4) is 0 Å². The van der Waals surface area contributed by atoms with Crippen molar-refractivity contribution in [2.75, 3.05) is 7.11 Å². The number of rotatable bonds is 6.